The van der Waals surface area contributed by atoms with Crippen LogP contribution in [0.4, 0.5) is 0 Å². The van der Waals surface area contributed by atoms with Crippen molar-refractivity contribution < 1.29 is 9.53 Å². The number of hydrogen-bond acceptors (Lipinski definition) is 4. The second-order valence-electron chi connectivity index (χ2n) is 5.92. The van der Waals surface area contributed by atoms with Crippen LogP contribution in [0.3, 0.4) is 0 Å². The van der Waals surface area contributed by atoms with Crippen molar-refractivity contribution in [1.29, 1.82) is 0 Å². The Bertz CT molecular complexity index is 768. The first kappa shape index (κ1) is 18.9. The molecule has 1 aliphatic heterocycles. The summed E-state index contributed by atoms with van der Waals surface area (Å²) in [5.74, 6) is -0.289. The van der Waals surface area contributed by atoms with Crippen LogP contribution in [0.2, 0.25) is 10.0 Å². The third kappa shape index (κ3) is 5.05. The molecule has 0 atom stereocenters. The molecule has 0 bridgehead atoms. The van der Waals surface area contributed by atoms with Crippen LogP contribution in [0.15, 0.2) is 47.6 Å². The summed E-state index contributed by atoms with van der Waals surface area (Å²) in [7, 11) is 0. The zero-order valence-electron chi connectivity index (χ0n) is 14.1. The summed E-state index contributed by atoms with van der Waals surface area (Å²) in [6, 6.07) is 12.7. The number of carbonyl (C=O) groups excluding carboxylic acids is 1. The Morgan fingerprint density at radius 2 is 1.77 bits per heavy atom. The molecule has 1 aliphatic rings. The molecule has 2 aromatic carbocycles. The van der Waals surface area contributed by atoms with E-state index in [1.54, 1.807) is 30.3 Å². The molecule has 5 nitrogen and oxygen atoms in total. The van der Waals surface area contributed by atoms with Crippen LogP contribution >= 0.6 is 23.2 Å². The highest BCUT2D eigenvalue weighted by molar-refractivity contribution is 6.38. The highest BCUT2D eigenvalue weighted by Crippen LogP contribution is 2.22. The van der Waals surface area contributed by atoms with Gasteiger partial charge in [0, 0.05) is 30.8 Å². The minimum absolute atomic E-state index is 0.289. The fraction of sp³-hybridized carbons (Fsp3) is 0.263. The molecule has 1 heterocycles. The predicted molar refractivity (Wildman–Crippen MR) is 104 cm³/mol. The van der Waals surface area contributed by atoms with Gasteiger partial charge in [-0.05, 0) is 29.8 Å². The molecule has 0 saturated carbocycles. The van der Waals surface area contributed by atoms with Gasteiger partial charge in [-0.25, -0.2) is 5.43 Å². The van der Waals surface area contributed by atoms with E-state index in [-0.39, 0.29) is 5.91 Å². The minimum Gasteiger partial charge on any atom is -0.379 e. The van der Waals surface area contributed by atoms with Crippen LogP contribution in [0.5, 0.6) is 0 Å². The van der Waals surface area contributed by atoms with Crippen molar-refractivity contribution in [2.24, 2.45) is 5.10 Å². The SMILES string of the molecule is O=C(N/N=C\c1c(Cl)cccc1Cl)c1ccc(CN2CCOCC2)cc1. The first-order valence-corrected chi connectivity index (χ1v) is 9.05. The van der Waals surface area contributed by atoms with Gasteiger partial charge < -0.3 is 4.74 Å². The standard InChI is InChI=1S/C19H19Cl2N3O2/c20-17-2-1-3-18(21)16(17)12-22-23-19(25)15-6-4-14(5-7-15)13-24-8-10-26-11-9-24/h1-7,12H,8-11,13H2,(H,23,25)/b22-12-. The number of hydrazone groups is 1. The molecule has 0 spiro atoms. The lowest BCUT2D eigenvalue weighted by Crippen LogP contribution is -2.35. The topological polar surface area (TPSA) is 53.9 Å². The number of hydrogen-bond donors (Lipinski definition) is 1. The van der Waals surface area contributed by atoms with Crippen LogP contribution in [0.25, 0.3) is 0 Å². The molecule has 26 heavy (non-hydrogen) atoms. The van der Waals surface area contributed by atoms with Gasteiger partial charge in [-0.2, -0.15) is 5.10 Å². The average Bonchev–Trinajstić information content (AvgIpc) is 2.65. The summed E-state index contributed by atoms with van der Waals surface area (Å²) in [5.41, 5.74) is 4.76. The van der Waals surface area contributed by atoms with Crippen molar-refractivity contribution in [3.8, 4) is 0 Å². The number of halogens is 2. The quantitative estimate of drug-likeness (QED) is 0.625. The Morgan fingerprint density at radius 3 is 2.42 bits per heavy atom. The third-order valence-electron chi connectivity index (χ3n) is 4.09. The molecule has 3 rings (SSSR count). The average molecular weight is 392 g/mol. The van der Waals surface area contributed by atoms with Gasteiger partial charge in [-0.3, -0.25) is 9.69 Å². The summed E-state index contributed by atoms with van der Waals surface area (Å²) in [6.07, 6.45) is 1.44. The summed E-state index contributed by atoms with van der Waals surface area (Å²) in [6.45, 7) is 4.26. The van der Waals surface area contributed by atoms with Gasteiger partial charge in [0.05, 0.1) is 29.5 Å². The molecule has 1 N–H and O–H groups in total. The molecular formula is C19H19Cl2N3O2. The van der Waals surface area contributed by atoms with Crippen LogP contribution in [-0.2, 0) is 11.3 Å². The second kappa shape index (κ2) is 9.14. The largest absolute Gasteiger partial charge is 0.379 e. The highest BCUT2D eigenvalue weighted by atomic mass is 35.5. The Morgan fingerprint density at radius 1 is 1.12 bits per heavy atom. The monoisotopic (exact) mass is 391 g/mol. The number of morpholine rings is 1. The fourth-order valence-corrected chi connectivity index (χ4v) is 3.13. The minimum atomic E-state index is -0.289. The van der Waals surface area contributed by atoms with Crippen molar-refractivity contribution in [1.82, 2.24) is 10.3 Å². The van der Waals surface area contributed by atoms with Gasteiger partial charge in [-0.1, -0.05) is 41.4 Å². The predicted octanol–water partition coefficient (Wildman–Crippen LogP) is 3.59. The van der Waals surface area contributed by atoms with Crippen molar-refractivity contribution in [3.63, 3.8) is 0 Å². The van der Waals surface area contributed by atoms with E-state index in [1.165, 1.54) is 6.21 Å². The van der Waals surface area contributed by atoms with E-state index in [0.717, 1.165) is 38.4 Å². The molecule has 1 saturated heterocycles. The van der Waals surface area contributed by atoms with Gasteiger partial charge in [0.15, 0.2) is 0 Å². The van der Waals surface area contributed by atoms with Crippen molar-refractivity contribution in [2.45, 2.75) is 6.54 Å². The number of ether oxygens (including phenoxy) is 1. The van der Waals surface area contributed by atoms with Crippen LogP contribution < -0.4 is 5.43 Å². The van der Waals surface area contributed by atoms with E-state index in [2.05, 4.69) is 15.4 Å². The molecule has 136 valence electrons. The Balaban J connectivity index is 1.57. The lowest BCUT2D eigenvalue weighted by atomic mass is 10.1. The van der Waals surface area contributed by atoms with Gasteiger partial charge in [0.2, 0.25) is 0 Å². The lowest BCUT2D eigenvalue weighted by Gasteiger charge is -2.26. The smallest absolute Gasteiger partial charge is 0.271 e. The number of nitrogens with one attached hydrogen (secondary N) is 1. The molecule has 0 radical (unpaired) electrons. The number of carbonyl (C=O) groups is 1. The summed E-state index contributed by atoms with van der Waals surface area (Å²) in [5, 5.41) is 4.89. The molecule has 0 aromatic heterocycles. The Labute approximate surface area is 162 Å². The first-order chi connectivity index (χ1) is 12.6. The lowest BCUT2D eigenvalue weighted by molar-refractivity contribution is 0.0342. The van der Waals surface area contributed by atoms with E-state index in [4.69, 9.17) is 27.9 Å². The number of rotatable bonds is 5. The van der Waals surface area contributed by atoms with E-state index < -0.39 is 0 Å². The third-order valence-corrected chi connectivity index (χ3v) is 4.74. The first-order valence-electron chi connectivity index (χ1n) is 8.30. The van der Waals surface area contributed by atoms with Crippen LogP contribution in [0.1, 0.15) is 21.5 Å². The molecule has 1 fully saturated rings. The van der Waals surface area contributed by atoms with Crippen LogP contribution in [-0.4, -0.2) is 43.3 Å². The second-order valence-corrected chi connectivity index (χ2v) is 6.73. The van der Waals surface area contributed by atoms with E-state index in [1.807, 2.05) is 12.1 Å². The van der Waals surface area contributed by atoms with E-state index in [0.29, 0.717) is 21.2 Å². The zero-order chi connectivity index (χ0) is 18.4. The van der Waals surface area contributed by atoms with E-state index in [9.17, 15) is 4.79 Å². The maximum atomic E-state index is 12.2. The maximum absolute atomic E-state index is 12.2. The van der Waals surface area contributed by atoms with Gasteiger partial charge in [0.1, 0.15) is 0 Å². The van der Waals surface area contributed by atoms with Crippen molar-refractivity contribution >= 4 is 35.3 Å². The molecule has 0 unspecified atom stereocenters. The maximum Gasteiger partial charge on any atom is 0.271 e. The summed E-state index contributed by atoms with van der Waals surface area (Å²) >= 11 is 12.1. The molecule has 2 aromatic rings. The number of amides is 1. The van der Waals surface area contributed by atoms with Crippen molar-refractivity contribution in [2.75, 3.05) is 26.3 Å². The molecular weight excluding hydrogens is 373 g/mol. The summed E-state index contributed by atoms with van der Waals surface area (Å²) < 4.78 is 5.35. The molecule has 0 aliphatic carbocycles. The Kier molecular flexibility index (Phi) is 6.63. The van der Waals surface area contributed by atoms with Gasteiger partial charge in [-0.15, -0.1) is 0 Å². The number of nitrogens with zero attached hydrogens (tertiary/aromatic N) is 2. The van der Waals surface area contributed by atoms with Crippen molar-refractivity contribution in [3.05, 3.63) is 69.2 Å². The van der Waals surface area contributed by atoms with Gasteiger partial charge >= 0.3 is 0 Å². The van der Waals surface area contributed by atoms with Crippen LogP contribution in [0, 0.1) is 0 Å². The zero-order valence-corrected chi connectivity index (χ0v) is 15.6. The molecule has 1 amide bonds. The Hall–Kier alpha value is -1.92. The fourth-order valence-electron chi connectivity index (χ4n) is 2.63. The molecule has 7 heteroatoms. The summed E-state index contributed by atoms with van der Waals surface area (Å²) in [4.78, 5) is 14.5. The highest BCUT2D eigenvalue weighted by Gasteiger charge is 2.11. The normalized spacial score (nSPS) is 15.3. The van der Waals surface area contributed by atoms with Gasteiger partial charge in [0.25, 0.3) is 5.91 Å². The number of benzene rings is 2. The van der Waals surface area contributed by atoms with E-state index >= 15 is 0 Å².